The van der Waals surface area contributed by atoms with Gasteiger partial charge in [0, 0.05) is 19.4 Å². The maximum atomic E-state index is 13.5. The minimum atomic E-state index is -0.891. The summed E-state index contributed by atoms with van der Waals surface area (Å²) in [4.78, 5) is 65.6. The first kappa shape index (κ1) is 27.6. The van der Waals surface area contributed by atoms with Gasteiger partial charge in [-0.1, -0.05) is 43.2 Å². The molecule has 1 aromatic rings. The van der Waals surface area contributed by atoms with Crippen LogP contribution < -0.4 is 16.0 Å². The third-order valence-corrected chi connectivity index (χ3v) is 7.02. The molecular formula is C26H35ClN4O5. The molecule has 0 spiro atoms. The van der Waals surface area contributed by atoms with Crippen LogP contribution in [0.25, 0.3) is 0 Å². The number of halogens is 1. The highest BCUT2D eigenvalue weighted by atomic mass is 35.5. The van der Waals surface area contributed by atoms with Gasteiger partial charge in [-0.3, -0.25) is 24.0 Å². The zero-order chi connectivity index (χ0) is 26.1. The minimum Gasteiger partial charge on any atom is -0.343 e. The Morgan fingerprint density at radius 1 is 0.944 bits per heavy atom. The number of hydrogen-bond donors (Lipinski definition) is 3. The third-order valence-electron chi connectivity index (χ3n) is 6.72. The van der Waals surface area contributed by atoms with Crippen molar-refractivity contribution in [3.8, 4) is 0 Å². The molecule has 3 N–H and O–H groups in total. The molecule has 36 heavy (non-hydrogen) atoms. The number of fused-ring (bicyclic) bond motifs is 1. The highest BCUT2D eigenvalue weighted by Gasteiger charge is 2.40. The van der Waals surface area contributed by atoms with E-state index in [2.05, 4.69) is 16.0 Å². The predicted octanol–water partition coefficient (Wildman–Crippen LogP) is 1.47. The van der Waals surface area contributed by atoms with Gasteiger partial charge in [0.25, 0.3) is 0 Å². The average Bonchev–Trinajstić information content (AvgIpc) is 3.37. The lowest BCUT2D eigenvalue weighted by atomic mass is 10.0. The van der Waals surface area contributed by atoms with Crippen LogP contribution in [0.2, 0.25) is 0 Å². The van der Waals surface area contributed by atoms with Crippen LogP contribution in [0.1, 0.15) is 57.4 Å². The summed E-state index contributed by atoms with van der Waals surface area (Å²) in [6.07, 6.45) is 4.17. The summed E-state index contributed by atoms with van der Waals surface area (Å²) >= 11 is 5.54. The second-order valence-corrected chi connectivity index (χ2v) is 9.77. The van der Waals surface area contributed by atoms with Crippen LogP contribution in [0.3, 0.4) is 0 Å². The van der Waals surface area contributed by atoms with Crippen LogP contribution in [-0.4, -0.2) is 70.9 Å². The van der Waals surface area contributed by atoms with Gasteiger partial charge in [-0.15, -0.1) is 11.6 Å². The highest BCUT2D eigenvalue weighted by molar-refractivity contribution is 6.27. The number of nitrogens with one attached hydrogen (secondary N) is 3. The van der Waals surface area contributed by atoms with Crippen LogP contribution in [0.4, 0.5) is 0 Å². The van der Waals surface area contributed by atoms with Gasteiger partial charge in [-0.25, -0.2) is 0 Å². The molecule has 0 unspecified atom stereocenters. The summed E-state index contributed by atoms with van der Waals surface area (Å²) in [6, 6.07) is 6.04. The zero-order valence-corrected chi connectivity index (χ0v) is 21.4. The first-order valence-corrected chi connectivity index (χ1v) is 13.2. The van der Waals surface area contributed by atoms with Crippen molar-refractivity contribution in [3.05, 3.63) is 35.9 Å². The molecule has 0 radical (unpaired) electrons. The fourth-order valence-electron chi connectivity index (χ4n) is 4.68. The summed E-state index contributed by atoms with van der Waals surface area (Å²) in [5.41, 5.74) is 0.870. The van der Waals surface area contributed by atoms with Gasteiger partial charge in [0.1, 0.15) is 30.0 Å². The van der Waals surface area contributed by atoms with Gasteiger partial charge < -0.3 is 20.9 Å². The van der Waals surface area contributed by atoms with E-state index < -0.39 is 36.0 Å². The van der Waals surface area contributed by atoms with Crippen molar-refractivity contribution in [2.45, 2.75) is 82.5 Å². The molecule has 0 bridgehead atoms. The maximum absolute atomic E-state index is 13.5. The van der Waals surface area contributed by atoms with E-state index in [0.717, 1.165) is 5.56 Å². The summed E-state index contributed by atoms with van der Waals surface area (Å²) in [6.45, 7) is 1.97. The fraction of sp³-hybridized carbons (Fsp3) is 0.577. The second-order valence-electron chi connectivity index (χ2n) is 9.50. The summed E-state index contributed by atoms with van der Waals surface area (Å²) in [7, 11) is 0. The first-order valence-electron chi connectivity index (χ1n) is 12.6. The Morgan fingerprint density at radius 2 is 1.67 bits per heavy atom. The number of benzene rings is 1. The van der Waals surface area contributed by atoms with Crippen molar-refractivity contribution in [1.82, 2.24) is 20.9 Å². The molecule has 1 aromatic carbocycles. The zero-order valence-electron chi connectivity index (χ0n) is 20.6. The van der Waals surface area contributed by atoms with Crippen molar-refractivity contribution < 1.29 is 24.0 Å². The standard InChI is InChI=1S/C26H35ClN4O5/c1-17-23(33)29-20(12-7-3-6-11-19(32)16-27)26(36)31-14-8-13-22(31)25(35)30-21(24(34)28-17)15-18-9-4-2-5-10-18/h2,4-5,9-10,17,20-22H,3,6-8,11-16H2,1H3,(H,28,34)(H,29,33)(H,30,35)/t17-,20-,21-,22-/m0/s1. The Morgan fingerprint density at radius 3 is 2.39 bits per heavy atom. The van der Waals surface area contributed by atoms with Crippen LogP contribution in [0, 0.1) is 0 Å². The lowest BCUT2D eigenvalue weighted by molar-refractivity contribution is -0.143. The van der Waals surface area contributed by atoms with E-state index in [4.69, 9.17) is 11.6 Å². The molecule has 0 saturated carbocycles. The normalized spacial score (nSPS) is 25.2. The molecule has 10 heteroatoms. The Hall–Kier alpha value is -2.94. The first-order chi connectivity index (χ1) is 17.3. The summed E-state index contributed by atoms with van der Waals surface area (Å²) < 4.78 is 0. The van der Waals surface area contributed by atoms with Crippen molar-refractivity contribution in [1.29, 1.82) is 0 Å². The van der Waals surface area contributed by atoms with E-state index in [-0.39, 0.29) is 29.9 Å². The smallest absolute Gasteiger partial charge is 0.245 e. The number of ketones is 1. The van der Waals surface area contributed by atoms with E-state index >= 15 is 0 Å². The average molecular weight is 519 g/mol. The number of rotatable bonds is 9. The van der Waals surface area contributed by atoms with Gasteiger partial charge >= 0.3 is 0 Å². The Balaban J connectivity index is 1.75. The van der Waals surface area contributed by atoms with Gasteiger partial charge in [0.15, 0.2) is 0 Å². The molecule has 2 heterocycles. The maximum Gasteiger partial charge on any atom is 0.245 e. The topological polar surface area (TPSA) is 125 Å². The molecule has 0 aliphatic carbocycles. The van der Waals surface area contributed by atoms with Gasteiger partial charge in [-0.05, 0) is 38.2 Å². The Bertz CT molecular complexity index is 957. The predicted molar refractivity (Wildman–Crippen MR) is 135 cm³/mol. The van der Waals surface area contributed by atoms with E-state index in [1.807, 2.05) is 30.3 Å². The summed E-state index contributed by atoms with van der Waals surface area (Å²) in [5, 5.41) is 8.31. The van der Waals surface area contributed by atoms with Crippen LogP contribution in [-0.2, 0) is 30.4 Å². The molecule has 4 amide bonds. The quantitative estimate of drug-likeness (QED) is 0.337. The number of carbonyl (C=O) groups excluding carboxylic acids is 5. The highest BCUT2D eigenvalue weighted by Crippen LogP contribution is 2.21. The molecule has 196 valence electrons. The molecule has 2 fully saturated rings. The number of nitrogens with zero attached hydrogens (tertiary/aromatic N) is 1. The van der Waals surface area contributed by atoms with Gasteiger partial charge in [0.2, 0.25) is 23.6 Å². The Kier molecular flexibility index (Phi) is 10.3. The van der Waals surface area contributed by atoms with Crippen LogP contribution in [0.5, 0.6) is 0 Å². The summed E-state index contributed by atoms with van der Waals surface area (Å²) in [5.74, 6) is -1.60. The van der Waals surface area contributed by atoms with Crippen molar-refractivity contribution in [2.75, 3.05) is 12.4 Å². The van der Waals surface area contributed by atoms with Crippen LogP contribution >= 0.6 is 11.6 Å². The molecule has 4 atom stereocenters. The van der Waals surface area contributed by atoms with Crippen molar-refractivity contribution in [3.63, 3.8) is 0 Å². The molecule has 0 aromatic heterocycles. The number of carbonyl (C=O) groups is 5. The van der Waals surface area contributed by atoms with E-state index in [0.29, 0.717) is 51.5 Å². The molecule has 2 aliphatic heterocycles. The van der Waals surface area contributed by atoms with E-state index in [1.54, 1.807) is 6.92 Å². The SMILES string of the molecule is C[C@@H]1NC(=O)[C@H](Cc2ccccc2)NC(=O)[C@@H]2CCCN2C(=O)[C@H](CCCCCC(=O)CCl)NC1=O. The largest absolute Gasteiger partial charge is 0.343 e. The molecule has 2 aliphatic rings. The van der Waals surface area contributed by atoms with Gasteiger partial charge in [0.05, 0.1) is 5.88 Å². The molecule has 9 nitrogen and oxygen atoms in total. The third kappa shape index (κ3) is 7.53. The number of amides is 4. The Labute approximate surface area is 216 Å². The number of hydrogen-bond acceptors (Lipinski definition) is 5. The number of alkyl halides is 1. The van der Waals surface area contributed by atoms with Crippen molar-refractivity contribution in [2.24, 2.45) is 0 Å². The second kappa shape index (κ2) is 13.4. The molecular weight excluding hydrogens is 484 g/mol. The van der Waals surface area contributed by atoms with Crippen molar-refractivity contribution >= 4 is 41.0 Å². The molecule has 2 saturated heterocycles. The van der Waals surface area contributed by atoms with E-state index in [1.165, 1.54) is 4.90 Å². The lowest BCUT2D eigenvalue weighted by Crippen LogP contribution is -2.61. The van der Waals surface area contributed by atoms with Gasteiger partial charge in [-0.2, -0.15) is 0 Å². The fourth-order valence-corrected chi connectivity index (χ4v) is 4.81. The lowest BCUT2D eigenvalue weighted by Gasteiger charge is -2.32. The molecule has 3 rings (SSSR count). The number of unbranched alkanes of at least 4 members (excludes halogenated alkanes) is 2. The monoisotopic (exact) mass is 518 g/mol. The number of Topliss-reactive ketones (excluding diaryl/α,β-unsaturated/α-hetero) is 1. The minimum absolute atomic E-state index is 0.00854. The van der Waals surface area contributed by atoms with E-state index in [9.17, 15) is 24.0 Å². The van der Waals surface area contributed by atoms with Crippen LogP contribution in [0.15, 0.2) is 30.3 Å².